The number of aromatic nitrogens is 1. The van der Waals surface area contributed by atoms with Gasteiger partial charge in [-0.05, 0) is 83.9 Å². The third-order valence-corrected chi connectivity index (χ3v) is 7.03. The fraction of sp³-hybridized carbons (Fsp3) is 0.615. The SMILES string of the molecule is Cc1oc(-c2ccc(F)cc2F)nc1CN1CCC(C(=O)NCCCN2CCCCCC2)CC1. The zero-order valence-electron chi connectivity index (χ0n) is 20.1. The minimum Gasteiger partial charge on any atom is -0.441 e. The molecule has 4 rings (SSSR count). The number of halogens is 2. The summed E-state index contributed by atoms with van der Waals surface area (Å²) in [5, 5.41) is 3.14. The van der Waals surface area contributed by atoms with Gasteiger partial charge in [-0.3, -0.25) is 9.69 Å². The van der Waals surface area contributed by atoms with E-state index in [-0.39, 0.29) is 23.3 Å². The summed E-state index contributed by atoms with van der Waals surface area (Å²) in [6.45, 7) is 8.20. The molecule has 2 aliphatic heterocycles. The molecule has 0 spiro atoms. The second kappa shape index (κ2) is 11.9. The van der Waals surface area contributed by atoms with Crippen molar-refractivity contribution in [3.8, 4) is 11.5 Å². The highest BCUT2D eigenvalue weighted by molar-refractivity contribution is 5.78. The number of nitrogens with zero attached hydrogens (tertiary/aromatic N) is 3. The van der Waals surface area contributed by atoms with Crippen molar-refractivity contribution in [3.63, 3.8) is 0 Å². The molecular formula is C26H36F2N4O2. The first-order chi connectivity index (χ1) is 16.5. The highest BCUT2D eigenvalue weighted by Crippen LogP contribution is 2.27. The topological polar surface area (TPSA) is 61.6 Å². The van der Waals surface area contributed by atoms with Crippen molar-refractivity contribution < 1.29 is 18.0 Å². The van der Waals surface area contributed by atoms with E-state index in [1.165, 1.54) is 50.9 Å². The molecule has 2 fully saturated rings. The van der Waals surface area contributed by atoms with Crippen LogP contribution in [0.5, 0.6) is 0 Å². The molecule has 3 heterocycles. The standard InChI is InChI=1S/C26H36F2N4O2/c1-19-24(30-26(34-19)22-8-7-21(27)17-23(22)28)18-32-15-9-20(10-16-32)25(33)29-11-6-14-31-12-4-2-3-5-13-31/h7-8,17,20H,2-6,9-16,18H2,1H3,(H,29,33). The lowest BCUT2D eigenvalue weighted by molar-refractivity contribution is -0.126. The molecule has 34 heavy (non-hydrogen) atoms. The van der Waals surface area contributed by atoms with Gasteiger partial charge in [0, 0.05) is 25.1 Å². The van der Waals surface area contributed by atoms with Crippen molar-refractivity contribution in [1.29, 1.82) is 0 Å². The van der Waals surface area contributed by atoms with Gasteiger partial charge in [-0.25, -0.2) is 13.8 Å². The molecular weight excluding hydrogens is 438 g/mol. The fourth-order valence-electron chi connectivity index (χ4n) is 4.94. The first-order valence-corrected chi connectivity index (χ1v) is 12.6. The normalized spacial score (nSPS) is 18.7. The maximum Gasteiger partial charge on any atom is 0.229 e. The highest BCUT2D eigenvalue weighted by Gasteiger charge is 2.26. The van der Waals surface area contributed by atoms with Gasteiger partial charge in [-0.1, -0.05) is 12.8 Å². The molecule has 1 amide bonds. The van der Waals surface area contributed by atoms with Crippen LogP contribution in [0.25, 0.3) is 11.5 Å². The number of likely N-dealkylation sites (tertiary alicyclic amines) is 2. The monoisotopic (exact) mass is 474 g/mol. The lowest BCUT2D eigenvalue weighted by Crippen LogP contribution is -2.41. The molecule has 6 nitrogen and oxygen atoms in total. The first-order valence-electron chi connectivity index (χ1n) is 12.6. The Morgan fingerprint density at radius 1 is 1.09 bits per heavy atom. The molecule has 0 aliphatic carbocycles. The lowest BCUT2D eigenvalue weighted by Gasteiger charge is -2.30. The molecule has 0 radical (unpaired) electrons. The average Bonchev–Trinajstić information content (AvgIpc) is 3.00. The Hall–Kier alpha value is -2.32. The van der Waals surface area contributed by atoms with Gasteiger partial charge in [0.1, 0.15) is 17.4 Å². The zero-order valence-corrected chi connectivity index (χ0v) is 20.1. The maximum atomic E-state index is 14.1. The molecule has 1 aromatic heterocycles. The second-order valence-corrected chi connectivity index (χ2v) is 9.60. The number of hydrogen-bond acceptors (Lipinski definition) is 5. The van der Waals surface area contributed by atoms with Gasteiger partial charge in [-0.15, -0.1) is 0 Å². The second-order valence-electron chi connectivity index (χ2n) is 9.60. The van der Waals surface area contributed by atoms with E-state index in [1.807, 2.05) is 0 Å². The van der Waals surface area contributed by atoms with Gasteiger partial charge in [0.25, 0.3) is 0 Å². The van der Waals surface area contributed by atoms with Crippen molar-refractivity contribution in [2.24, 2.45) is 5.92 Å². The van der Waals surface area contributed by atoms with Gasteiger partial charge in [0.15, 0.2) is 0 Å². The van der Waals surface area contributed by atoms with Crippen molar-refractivity contribution in [1.82, 2.24) is 20.1 Å². The van der Waals surface area contributed by atoms with E-state index in [9.17, 15) is 13.6 Å². The van der Waals surface area contributed by atoms with Crippen LogP contribution < -0.4 is 5.32 Å². The van der Waals surface area contributed by atoms with E-state index in [0.29, 0.717) is 12.3 Å². The molecule has 2 aliphatic rings. The average molecular weight is 475 g/mol. The third-order valence-electron chi connectivity index (χ3n) is 7.03. The minimum absolute atomic E-state index is 0.0525. The van der Waals surface area contributed by atoms with Crippen molar-refractivity contribution in [2.75, 3.05) is 39.3 Å². The molecule has 0 unspecified atom stereocenters. The quantitative estimate of drug-likeness (QED) is 0.570. The summed E-state index contributed by atoms with van der Waals surface area (Å²) >= 11 is 0. The van der Waals surface area contributed by atoms with Crippen LogP contribution in [-0.4, -0.2) is 60.0 Å². The highest BCUT2D eigenvalue weighted by atomic mass is 19.1. The number of piperidine rings is 1. The van der Waals surface area contributed by atoms with Crippen LogP contribution in [0.3, 0.4) is 0 Å². The predicted molar refractivity (Wildman–Crippen MR) is 127 cm³/mol. The van der Waals surface area contributed by atoms with E-state index in [1.54, 1.807) is 6.92 Å². The molecule has 2 aromatic rings. The molecule has 0 atom stereocenters. The van der Waals surface area contributed by atoms with Crippen LogP contribution in [0.4, 0.5) is 8.78 Å². The van der Waals surface area contributed by atoms with Crippen LogP contribution in [0.2, 0.25) is 0 Å². The number of oxazole rings is 1. The number of carbonyl (C=O) groups excluding carboxylic acids is 1. The molecule has 1 aromatic carbocycles. The number of rotatable bonds is 8. The number of benzene rings is 1. The van der Waals surface area contributed by atoms with E-state index >= 15 is 0 Å². The maximum absolute atomic E-state index is 14.1. The summed E-state index contributed by atoms with van der Waals surface area (Å²) in [4.78, 5) is 21.8. The Morgan fingerprint density at radius 2 is 1.82 bits per heavy atom. The summed E-state index contributed by atoms with van der Waals surface area (Å²) in [5.41, 5.74) is 0.900. The Balaban J connectivity index is 1.19. The Bertz CT molecular complexity index is 948. The molecule has 8 heteroatoms. The Labute approximate surface area is 200 Å². The lowest BCUT2D eigenvalue weighted by atomic mass is 9.95. The van der Waals surface area contributed by atoms with Crippen LogP contribution in [-0.2, 0) is 11.3 Å². The number of amides is 1. The van der Waals surface area contributed by atoms with E-state index in [4.69, 9.17) is 4.42 Å². The fourth-order valence-corrected chi connectivity index (χ4v) is 4.94. The molecule has 2 saturated heterocycles. The first kappa shape index (κ1) is 24.8. The summed E-state index contributed by atoms with van der Waals surface area (Å²) in [7, 11) is 0. The van der Waals surface area contributed by atoms with Crippen LogP contribution in [0.1, 0.15) is 56.4 Å². The van der Waals surface area contributed by atoms with Crippen molar-refractivity contribution in [3.05, 3.63) is 41.3 Å². The largest absolute Gasteiger partial charge is 0.441 e. The summed E-state index contributed by atoms with van der Waals surface area (Å²) in [5.74, 6) is -0.304. The summed E-state index contributed by atoms with van der Waals surface area (Å²) < 4.78 is 32.9. The van der Waals surface area contributed by atoms with Gasteiger partial charge in [0.2, 0.25) is 11.8 Å². The molecule has 0 bridgehead atoms. The number of carbonyl (C=O) groups is 1. The Kier molecular flexibility index (Phi) is 8.67. The third kappa shape index (κ3) is 6.63. The predicted octanol–water partition coefficient (Wildman–Crippen LogP) is 4.52. The zero-order chi connectivity index (χ0) is 23.9. The van der Waals surface area contributed by atoms with E-state index < -0.39 is 11.6 Å². The summed E-state index contributed by atoms with van der Waals surface area (Å²) in [6.07, 6.45) is 7.91. The molecule has 186 valence electrons. The van der Waals surface area contributed by atoms with Gasteiger partial charge < -0.3 is 14.6 Å². The smallest absolute Gasteiger partial charge is 0.229 e. The Morgan fingerprint density at radius 3 is 2.53 bits per heavy atom. The van der Waals surface area contributed by atoms with Crippen molar-refractivity contribution >= 4 is 5.91 Å². The van der Waals surface area contributed by atoms with Crippen LogP contribution in [0.15, 0.2) is 22.6 Å². The number of aryl methyl sites for hydroxylation is 1. The summed E-state index contributed by atoms with van der Waals surface area (Å²) in [6, 6.07) is 3.37. The molecule has 0 saturated carbocycles. The minimum atomic E-state index is -0.689. The van der Waals surface area contributed by atoms with Crippen molar-refractivity contribution in [2.45, 2.75) is 58.4 Å². The van der Waals surface area contributed by atoms with Gasteiger partial charge in [-0.2, -0.15) is 0 Å². The van der Waals surface area contributed by atoms with Gasteiger partial charge in [0.05, 0.1) is 11.3 Å². The molecule has 1 N–H and O–H groups in total. The van der Waals surface area contributed by atoms with E-state index in [0.717, 1.165) is 57.2 Å². The van der Waals surface area contributed by atoms with Crippen LogP contribution in [0, 0.1) is 24.5 Å². The van der Waals surface area contributed by atoms with Crippen LogP contribution >= 0.6 is 0 Å². The van der Waals surface area contributed by atoms with E-state index in [2.05, 4.69) is 20.1 Å². The number of hydrogen-bond donors (Lipinski definition) is 1. The number of nitrogens with one attached hydrogen (secondary N) is 1. The van der Waals surface area contributed by atoms with Gasteiger partial charge >= 0.3 is 0 Å².